The van der Waals surface area contributed by atoms with Crippen molar-refractivity contribution in [2.24, 2.45) is 27.8 Å². The van der Waals surface area contributed by atoms with Gasteiger partial charge in [-0.15, -0.1) is 4.73 Å². The molecule has 394 valence electrons. The first-order chi connectivity index (χ1) is 34.1. The van der Waals surface area contributed by atoms with E-state index in [1.54, 1.807) is 13.8 Å². The van der Waals surface area contributed by atoms with E-state index in [1.807, 2.05) is 5.48 Å². The first-order valence-electron chi connectivity index (χ1n) is 20.7. The van der Waals surface area contributed by atoms with Gasteiger partial charge in [0.25, 0.3) is 5.91 Å². The smallest absolute Gasteiger partial charge is 0.432 e. The van der Waals surface area contributed by atoms with Gasteiger partial charge in [-0.3, -0.25) is 23.5 Å². The van der Waals surface area contributed by atoms with Gasteiger partial charge < -0.3 is 81.9 Å². The Labute approximate surface area is 415 Å². The zero-order valence-electron chi connectivity index (χ0n) is 37.9. The first-order valence-corrected chi connectivity index (χ1v) is 26.0. The molecule has 72 heavy (non-hydrogen) atoms. The first kappa shape index (κ1) is 56.1. The molecular weight excluding hydrogens is 1040 g/mol. The number of carbonyl (C=O) groups excluding carboxylic acids is 6. The molecule has 0 saturated carbocycles. The minimum absolute atomic E-state index is 0.00445. The van der Waals surface area contributed by atoms with Crippen LogP contribution in [0, 0.1) is 5.92 Å². The number of imidazole rings is 2. The SMILES string of the molecule is COP(O)(=S)OC[C@H]1O[C@@H](n2cnc3c(N)ncnc32)[C@H](OC(=O)OCCNC(=O)ONC(=O)[C@H](CCCNC(N)=O)NC(=O)[C@@H](NC(=O)CN=NN)C(C)C)[C@@H]1OP(=O)(S)On1cnc2c(N)ncnc21. The van der Waals surface area contributed by atoms with E-state index in [-0.39, 0.29) is 53.3 Å². The highest BCUT2D eigenvalue weighted by molar-refractivity contribution is 8.44. The van der Waals surface area contributed by atoms with Gasteiger partial charge in [0.1, 0.15) is 61.9 Å². The van der Waals surface area contributed by atoms with E-state index in [0.717, 1.165) is 30.8 Å². The molecule has 35 nitrogen and oxygen atoms in total. The molecule has 1 saturated heterocycles. The van der Waals surface area contributed by atoms with E-state index in [4.69, 9.17) is 72.1 Å². The number of amides is 6. The number of hydrogen-bond donors (Lipinski definition) is 11. The number of nitrogen functional groups attached to an aromatic ring is 2. The summed E-state index contributed by atoms with van der Waals surface area (Å²) in [6, 6.07) is -3.37. The summed E-state index contributed by atoms with van der Waals surface area (Å²) in [5, 5.41) is 15.8. The lowest BCUT2D eigenvalue weighted by Gasteiger charge is -2.26. The molecule has 1 fully saturated rings. The van der Waals surface area contributed by atoms with Gasteiger partial charge in [0.2, 0.25) is 17.5 Å². The highest BCUT2D eigenvalue weighted by atomic mass is 32.7. The van der Waals surface area contributed by atoms with Crippen molar-refractivity contribution in [1.82, 2.24) is 65.9 Å². The van der Waals surface area contributed by atoms with Crippen LogP contribution in [0.3, 0.4) is 0 Å². The number of rotatable bonds is 24. The molecule has 39 heteroatoms. The molecule has 4 aromatic rings. The van der Waals surface area contributed by atoms with Crippen molar-refractivity contribution >= 4 is 108 Å². The second-order valence-electron chi connectivity index (χ2n) is 14.9. The molecule has 14 N–H and O–H groups in total. The van der Waals surface area contributed by atoms with Crippen LogP contribution in [0.15, 0.2) is 35.6 Å². The van der Waals surface area contributed by atoms with Gasteiger partial charge in [0.15, 0.2) is 35.1 Å². The summed E-state index contributed by atoms with van der Waals surface area (Å²) in [5.74, 6) is 1.89. The summed E-state index contributed by atoms with van der Waals surface area (Å²) in [4.78, 5) is 115. The maximum absolute atomic E-state index is 14.0. The Hall–Kier alpha value is -6.85. The van der Waals surface area contributed by atoms with Crippen LogP contribution in [0.1, 0.15) is 32.9 Å². The zero-order chi connectivity index (χ0) is 52.8. The zero-order valence-corrected chi connectivity index (χ0v) is 41.4. The third-order valence-corrected chi connectivity index (χ3v) is 12.7. The second-order valence-corrected chi connectivity index (χ2v) is 20.6. The highest BCUT2D eigenvalue weighted by Crippen LogP contribution is 2.55. The molecule has 0 spiro atoms. The number of primary amides is 1. The molecule has 0 aromatic carbocycles. The summed E-state index contributed by atoms with van der Waals surface area (Å²) in [7, 11) is 1.09. The second kappa shape index (κ2) is 25.5. The molecule has 8 atom stereocenters. The average Bonchev–Trinajstić information content (AvgIpc) is 4.04. The van der Waals surface area contributed by atoms with Crippen molar-refractivity contribution < 1.29 is 75.5 Å². The van der Waals surface area contributed by atoms with E-state index in [2.05, 4.69) is 73.8 Å². The van der Waals surface area contributed by atoms with Gasteiger partial charge in [-0.1, -0.05) is 19.1 Å². The van der Waals surface area contributed by atoms with Crippen LogP contribution in [0.5, 0.6) is 0 Å². The van der Waals surface area contributed by atoms with Crippen molar-refractivity contribution in [2.45, 2.75) is 63.3 Å². The van der Waals surface area contributed by atoms with Gasteiger partial charge in [-0.2, -0.15) is 10.6 Å². The van der Waals surface area contributed by atoms with Crippen LogP contribution >= 0.6 is 25.8 Å². The van der Waals surface area contributed by atoms with E-state index in [9.17, 15) is 38.2 Å². The van der Waals surface area contributed by atoms with Crippen molar-refractivity contribution in [3.63, 3.8) is 0 Å². The van der Waals surface area contributed by atoms with Crippen molar-refractivity contribution in [3.05, 3.63) is 25.3 Å². The third-order valence-electron chi connectivity index (χ3n) is 9.59. The van der Waals surface area contributed by atoms with E-state index < -0.39 is 118 Å². The summed E-state index contributed by atoms with van der Waals surface area (Å²) >= 11 is 9.12. The minimum Gasteiger partial charge on any atom is -0.432 e. The molecule has 0 radical (unpaired) electrons. The number of fused-ring (bicyclic) bond motifs is 2. The van der Waals surface area contributed by atoms with E-state index in [1.165, 1.54) is 10.9 Å². The monoisotopic (exact) mass is 1090 g/mol. The van der Waals surface area contributed by atoms with Crippen LogP contribution in [-0.2, 0) is 63.4 Å². The molecule has 1 aliphatic rings. The number of nitrogens with one attached hydrogen (secondary N) is 5. The molecule has 2 unspecified atom stereocenters. The number of nitrogens with two attached hydrogens (primary N) is 4. The normalized spacial score (nSPS) is 19.1. The predicted octanol–water partition coefficient (Wildman–Crippen LogP) is -1.86. The van der Waals surface area contributed by atoms with E-state index in [0.29, 0.717) is 0 Å². The van der Waals surface area contributed by atoms with Gasteiger partial charge in [-0.25, -0.2) is 48.9 Å². The fourth-order valence-electron chi connectivity index (χ4n) is 6.32. The molecule has 1 aliphatic heterocycles. The number of nitrogens with zero attached hydrogens (tertiary/aromatic N) is 10. The molecule has 0 bridgehead atoms. The fraction of sp³-hybridized carbons (Fsp3) is 0.515. The largest absolute Gasteiger partial charge is 0.508 e. The maximum atomic E-state index is 14.0. The van der Waals surface area contributed by atoms with E-state index >= 15 is 0 Å². The molecular formula is C33H49N19O16P2S2. The number of hydroxylamine groups is 1. The van der Waals surface area contributed by atoms with Crippen molar-refractivity contribution in [1.29, 1.82) is 0 Å². The van der Waals surface area contributed by atoms with Gasteiger partial charge >= 0.3 is 31.8 Å². The molecule has 6 amide bonds. The van der Waals surface area contributed by atoms with Crippen molar-refractivity contribution in [3.8, 4) is 0 Å². The van der Waals surface area contributed by atoms with Crippen LogP contribution < -0.4 is 54.4 Å². The van der Waals surface area contributed by atoms with Crippen LogP contribution in [-0.4, -0.2) is 150 Å². The van der Waals surface area contributed by atoms with Gasteiger partial charge in [0, 0.05) is 13.7 Å². The van der Waals surface area contributed by atoms with Crippen LogP contribution in [0.25, 0.3) is 22.3 Å². The summed E-state index contributed by atoms with van der Waals surface area (Å²) < 4.78 is 55.0. The lowest BCUT2D eigenvalue weighted by Crippen LogP contribution is -2.56. The maximum Gasteiger partial charge on any atom is 0.508 e. The Morgan fingerprint density at radius 1 is 0.958 bits per heavy atom. The van der Waals surface area contributed by atoms with Crippen molar-refractivity contribution in [2.75, 3.05) is 51.4 Å². The number of carbonyl (C=O) groups is 6. The predicted molar refractivity (Wildman–Crippen MR) is 249 cm³/mol. The Kier molecular flexibility index (Phi) is 19.9. The van der Waals surface area contributed by atoms with Gasteiger partial charge in [-0.05, 0) is 42.8 Å². The fourth-order valence-corrected chi connectivity index (χ4v) is 8.45. The Balaban J connectivity index is 1.26. The molecule has 5 heterocycles. The summed E-state index contributed by atoms with van der Waals surface area (Å²) in [5.41, 5.74) is 19.1. The van der Waals surface area contributed by atoms with Crippen LogP contribution in [0.2, 0.25) is 0 Å². The molecule has 5 rings (SSSR count). The topological polar surface area (TPSA) is 490 Å². The number of aromatic nitrogens is 8. The number of anilines is 2. The minimum atomic E-state index is -4.68. The third kappa shape index (κ3) is 15.6. The molecule has 4 aromatic heterocycles. The summed E-state index contributed by atoms with van der Waals surface area (Å²) in [6.45, 7) is -7.51. The quantitative estimate of drug-likeness (QED) is 0.00697. The number of hydrogen-bond acceptors (Lipinski definition) is 26. The number of ether oxygens (including phenoxy) is 3. The van der Waals surface area contributed by atoms with Crippen LogP contribution in [0.4, 0.5) is 26.0 Å². The van der Waals surface area contributed by atoms with Gasteiger partial charge in [0.05, 0.1) is 19.5 Å². The lowest BCUT2D eigenvalue weighted by atomic mass is 10.0. The lowest BCUT2D eigenvalue weighted by molar-refractivity contribution is -0.136. The Bertz CT molecular complexity index is 2720. The Morgan fingerprint density at radius 3 is 2.31 bits per heavy atom. The Morgan fingerprint density at radius 2 is 1.64 bits per heavy atom. The number of urea groups is 1. The highest BCUT2D eigenvalue weighted by Gasteiger charge is 2.53. The molecule has 0 aliphatic carbocycles. The average molecular weight is 1090 g/mol. The standard InChI is InChI=1S/C33H49N19O16P2S2/c1-15(2)19(48-18(53)9-46-50-37)29(55)47-16(5-4-6-38-31(36)56)28(54)49-66-32(57)39-7-8-62-33(58)65-23-22(67-70(60,72)68-52-14-45-21-25(35)41-12-43-27(21)52)17(10-63-69(59,71)61-3)64-30(23)51-13-44-20-24(34)40-11-42-26(20)51/h11-17,19,22-23,30H,4-10H2,1-3H3,(H2,37,46)(H,39,57)(H,47,55)(H,48,53)(H,49,54)(H,59,71)(H,60,72)(H2,34,40,42)(H2,35,41,43)(H3,36,38,56)/t16-,17+,19-,22+,23+,30+,69?,70?/m0/s1. The summed E-state index contributed by atoms with van der Waals surface area (Å²) in [6.07, 6.45) is -4.56. The number of thiol groups is 1.